The highest BCUT2D eigenvalue weighted by molar-refractivity contribution is 4.95. The Labute approximate surface area is 114 Å². The van der Waals surface area contributed by atoms with Gasteiger partial charge in [0.25, 0.3) is 0 Å². The molecule has 2 N–H and O–H groups in total. The number of rotatable bonds is 7. The molecule has 18 heavy (non-hydrogen) atoms. The van der Waals surface area contributed by atoms with E-state index in [1.54, 1.807) is 0 Å². The van der Waals surface area contributed by atoms with Crippen molar-refractivity contribution in [3.63, 3.8) is 0 Å². The lowest BCUT2D eigenvalue weighted by atomic mass is 9.84. The third kappa shape index (κ3) is 3.69. The third-order valence-corrected chi connectivity index (χ3v) is 4.61. The molecule has 3 heteroatoms. The standard InChI is InChI=1S/C15H33N3/c1-5-9-15(13-16,10-6-2)18-11-7-8-14(12-18)17(3)4/h14H,5-13,16H2,1-4H3. The maximum Gasteiger partial charge on any atom is 0.0332 e. The molecule has 0 radical (unpaired) electrons. The van der Waals surface area contributed by atoms with Crippen molar-refractivity contribution < 1.29 is 0 Å². The molecule has 0 aliphatic carbocycles. The Bertz CT molecular complexity index is 222. The summed E-state index contributed by atoms with van der Waals surface area (Å²) >= 11 is 0. The van der Waals surface area contributed by atoms with Gasteiger partial charge in [-0.25, -0.2) is 0 Å². The lowest BCUT2D eigenvalue weighted by molar-refractivity contribution is 0.0228. The van der Waals surface area contributed by atoms with Crippen molar-refractivity contribution in [2.45, 2.75) is 64.0 Å². The van der Waals surface area contributed by atoms with Gasteiger partial charge in [0.1, 0.15) is 0 Å². The van der Waals surface area contributed by atoms with Crippen molar-refractivity contribution in [1.29, 1.82) is 0 Å². The van der Waals surface area contributed by atoms with Crippen LogP contribution in [0.3, 0.4) is 0 Å². The summed E-state index contributed by atoms with van der Waals surface area (Å²) in [5.74, 6) is 0. The van der Waals surface area contributed by atoms with E-state index in [1.807, 2.05) is 0 Å². The Morgan fingerprint density at radius 3 is 2.28 bits per heavy atom. The monoisotopic (exact) mass is 255 g/mol. The smallest absolute Gasteiger partial charge is 0.0332 e. The Morgan fingerprint density at radius 1 is 1.22 bits per heavy atom. The zero-order chi connectivity index (χ0) is 13.6. The molecule has 1 aliphatic rings. The first kappa shape index (κ1) is 15.9. The molecule has 0 bridgehead atoms. The Kier molecular flexibility index (Phi) is 6.61. The number of hydrogen-bond acceptors (Lipinski definition) is 3. The highest BCUT2D eigenvalue weighted by Crippen LogP contribution is 2.30. The van der Waals surface area contributed by atoms with Crippen LogP contribution in [0.15, 0.2) is 0 Å². The molecule has 1 aliphatic heterocycles. The van der Waals surface area contributed by atoms with Gasteiger partial charge in [-0.15, -0.1) is 0 Å². The number of likely N-dealkylation sites (tertiary alicyclic amines) is 1. The number of nitrogens with two attached hydrogens (primary N) is 1. The van der Waals surface area contributed by atoms with Gasteiger partial charge >= 0.3 is 0 Å². The largest absolute Gasteiger partial charge is 0.329 e. The lowest BCUT2D eigenvalue weighted by Crippen LogP contribution is -2.59. The van der Waals surface area contributed by atoms with E-state index < -0.39 is 0 Å². The molecule has 108 valence electrons. The van der Waals surface area contributed by atoms with Crippen LogP contribution >= 0.6 is 0 Å². The summed E-state index contributed by atoms with van der Waals surface area (Å²) in [6, 6.07) is 0.707. The molecule has 1 saturated heterocycles. The zero-order valence-corrected chi connectivity index (χ0v) is 12.9. The maximum absolute atomic E-state index is 6.18. The van der Waals surface area contributed by atoms with E-state index in [2.05, 4.69) is 37.7 Å². The number of nitrogens with zero attached hydrogens (tertiary/aromatic N) is 2. The van der Waals surface area contributed by atoms with Crippen LogP contribution in [0.5, 0.6) is 0 Å². The minimum atomic E-state index is 0.262. The van der Waals surface area contributed by atoms with Crippen molar-refractivity contribution in [2.24, 2.45) is 5.73 Å². The van der Waals surface area contributed by atoms with Gasteiger partial charge in [0.05, 0.1) is 0 Å². The molecule has 0 aromatic rings. The first-order valence-corrected chi connectivity index (χ1v) is 7.71. The number of piperidine rings is 1. The summed E-state index contributed by atoms with van der Waals surface area (Å²) in [7, 11) is 4.41. The molecule has 3 nitrogen and oxygen atoms in total. The number of likely N-dealkylation sites (N-methyl/N-ethyl adjacent to an activating group) is 1. The quantitative estimate of drug-likeness (QED) is 0.758. The lowest BCUT2D eigenvalue weighted by Gasteiger charge is -2.48. The van der Waals surface area contributed by atoms with Gasteiger partial charge in [0.2, 0.25) is 0 Å². The minimum absolute atomic E-state index is 0.262. The SMILES string of the molecule is CCCC(CN)(CCC)N1CCCC(N(C)C)C1. The predicted molar refractivity (Wildman–Crippen MR) is 79.9 cm³/mol. The highest BCUT2D eigenvalue weighted by atomic mass is 15.3. The van der Waals surface area contributed by atoms with E-state index in [4.69, 9.17) is 5.73 Å². The van der Waals surface area contributed by atoms with Gasteiger partial charge in [0, 0.05) is 24.7 Å². The van der Waals surface area contributed by atoms with Gasteiger partial charge in [-0.1, -0.05) is 26.7 Å². The second-order valence-corrected chi connectivity index (χ2v) is 6.13. The highest BCUT2D eigenvalue weighted by Gasteiger charge is 2.36. The van der Waals surface area contributed by atoms with Crippen LogP contribution in [0.1, 0.15) is 52.4 Å². The normalized spacial score (nSPS) is 22.7. The summed E-state index contributed by atoms with van der Waals surface area (Å²) in [5.41, 5.74) is 6.44. The van der Waals surface area contributed by atoms with Crippen molar-refractivity contribution in [2.75, 3.05) is 33.7 Å². The molecule has 1 atom stereocenters. The average Bonchev–Trinajstić information content (AvgIpc) is 2.38. The first-order valence-electron chi connectivity index (χ1n) is 7.71. The zero-order valence-electron chi connectivity index (χ0n) is 12.9. The van der Waals surface area contributed by atoms with E-state index in [1.165, 1.54) is 51.6 Å². The van der Waals surface area contributed by atoms with Crippen LogP contribution in [0.2, 0.25) is 0 Å². The fourth-order valence-electron chi connectivity index (χ4n) is 3.51. The van der Waals surface area contributed by atoms with Crippen molar-refractivity contribution in [3.8, 4) is 0 Å². The minimum Gasteiger partial charge on any atom is -0.329 e. The topological polar surface area (TPSA) is 32.5 Å². The van der Waals surface area contributed by atoms with Gasteiger partial charge < -0.3 is 10.6 Å². The molecule has 1 rings (SSSR count). The van der Waals surface area contributed by atoms with E-state index in [9.17, 15) is 0 Å². The van der Waals surface area contributed by atoms with Crippen LogP contribution in [0, 0.1) is 0 Å². The summed E-state index contributed by atoms with van der Waals surface area (Å²) in [5, 5.41) is 0. The molecule has 0 spiro atoms. The molecule has 0 amide bonds. The van der Waals surface area contributed by atoms with Crippen LogP contribution in [-0.2, 0) is 0 Å². The summed E-state index contributed by atoms with van der Waals surface area (Å²) in [4.78, 5) is 5.08. The molecule has 0 saturated carbocycles. The van der Waals surface area contributed by atoms with E-state index in [0.29, 0.717) is 6.04 Å². The van der Waals surface area contributed by atoms with E-state index in [0.717, 1.165) is 6.54 Å². The number of hydrogen-bond donors (Lipinski definition) is 1. The summed E-state index contributed by atoms with van der Waals surface area (Å²) < 4.78 is 0. The van der Waals surface area contributed by atoms with E-state index >= 15 is 0 Å². The van der Waals surface area contributed by atoms with Gasteiger partial charge in [-0.2, -0.15) is 0 Å². The van der Waals surface area contributed by atoms with Gasteiger partial charge in [-0.05, 0) is 46.3 Å². The van der Waals surface area contributed by atoms with Crippen LogP contribution in [0.25, 0.3) is 0 Å². The fourth-order valence-corrected chi connectivity index (χ4v) is 3.51. The van der Waals surface area contributed by atoms with Crippen LogP contribution < -0.4 is 5.73 Å². The van der Waals surface area contributed by atoms with Crippen molar-refractivity contribution >= 4 is 0 Å². The fraction of sp³-hybridized carbons (Fsp3) is 1.00. The third-order valence-electron chi connectivity index (χ3n) is 4.61. The Morgan fingerprint density at radius 2 is 1.83 bits per heavy atom. The van der Waals surface area contributed by atoms with Crippen LogP contribution in [-0.4, -0.2) is 55.1 Å². The second kappa shape index (κ2) is 7.46. The molecule has 1 heterocycles. The maximum atomic E-state index is 6.18. The van der Waals surface area contributed by atoms with Crippen LogP contribution in [0.4, 0.5) is 0 Å². The molecular formula is C15H33N3. The second-order valence-electron chi connectivity index (χ2n) is 6.13. The van der Waals surface area contributed by atoms with E-state index in [-0.39, 0.29) is 5.54 Å². The van der Waals surface area contributed by atoms with Crippen molar-refractivity contribution in [1.82, 2.24) is 9.80 Å². The molecule has 0 aromatic heterocycles. The molecule has 1 unspecified atom stereocenters. The van der Waals surface area contributed by atoms with Crippen molar-refractivity contribution in [3.05, 3.63) is 0 Å². The van der Waals surface area contributed by atoms with Gasteiger partial charge in [0.15, 0.2) is 0 Å². The molecule has 1 fully saturated rings. The van der Waals surface area contributed by atoms with Gasteiger partial charge in [-0.3, -0.25) is 4.90 Å². The predicted octanol–water partition coefficient (Wildman–Crippen LogP) is 2.31. The molecule has 0 aromatic carbocycles. The average molecular weight is 255 g/mol. The Balaban J connectivity index is 2.77. The first-order chi connectivity index (χ1) is 8.59. The summed E-state index contributed by atoms with van der Waals surface area (Å²) in [6.07, 6.45) is 7.62. The summed E-state index contributed by atoms with van der Waals surface area (Å²) in [6.45, 7) is 7.82. The molecular weight excluding hydrogens is 222 g/mol. The Hall–Kier alpha value is -0.120.